The van der Waals surface area contributed by atoms with Crippen molar-refractivity contribution in [1.29, 1.82) is 0 Å². The molecular formula is C12H9IOS. The zero-order valence-electron chi connectivity index (χ0n) is 8.16. The summed E-state index contributed by atoms with van der Waals surface area (Å²) in [6, 6.07) is 11.5. The van der Waals surface area contributed by atoms with Crippen LogP contribution >= 0.6 is 33.9 Å². The molecule has 1 aromatic carbocycles. The summed E-state index contributed by atoms with van der Waals surface area (Å²) in [5.74, 6) is 0.115. The Morgan fingerprint density at radius 2 is 1.80 bits per heavy atom. The molecule has 1 nitrogen and oxygen atoms in total. The first-order chi connectivity index (χ1) is 7.16. The fraction of sp³-hybridized carbons (Fsp3) is 0.0833. The van der Waals surface area contributed by atoms with E-state index in [9.17, 15) is 4.79 Å². The number of carbonyl (C=O) groups is 1. The van der Waals surface area contributed by atoms with E-state index in [4.69, 9.17) is 0 Å². The van der Waals surface area contributed by atoms with Crippen molar-refractivity contribution in [2.75, 3.05) is 0 Å². The van der Waals surface area contributed by atoms with Crippen molar-refractivity contribution >= 4 is 39.7 Å². The van der Waals surface area contributed by atoms with Crippen LogP contribution in [0.2, 0.25) is 0 Å². The van der Waals surface area contributed by atoms with Gasteiger partial charge in [-0.05, 0) is 65.9 Å². The van der Waals surface area contributed by atoms with Crippen LogP contribution in [0.25, 0.3) is 0 Å². The first-order valence-electron chi connectivity index (χ1n) is 4.53. The highest BCUT2D eigenvalue weighted by molar-refractivity contribution is 14.1. The summed E-state index contributed by atoms with van der Waals surface area (Å²) in [5.41, 5.74) is 0.761. The smallest absolute Gasteiger partial charge is 0.202 e. The minimum Gasteiger partial charge on any atom is -0.288 e. The molecule has 3 heteroatoms. The summed E-state index contributed by atoms with van der Waals surface area (Å²) in [6.07, 6.45) is 0. The third-order valence-corrected chi connectivity index (χ3v) is 3.79. The molecule has 0 N–H and O–H groups in total. The molecule has 2 rings (SSSR count). The zero-order valence-corrected chi connectivity index (χ0v) is 11.1. The van der Waals surface area contributed by atoms with Crippen molar-refractivity contribution in [3.05, 3.63) is 55.3 Å². The second-order valence-electron chi connectivity index (χ2n) is 3.25. The molecular weight excluding hydrogens is 319 g/mol. The van der Waals surface area contributed by atoms with Crippen LogP contribution < -0.4 is 0 Å². The van der Waals surface area contributed by atoms with E-state index in [2.05, 4.69) is 22.6 Å². The molecule has 0 saturated carbocycles. The predicted molar refractivity (Wildman–Crippen MR) is 71.6 cm³/mol. The fourth-order valence-electron chi connectivity index (χ4n) is 1.30. The maximum Gasteiger partial charge on any atom is 0.202 e. The molecule has 0 aliphatic heterocycles. The summed E-state index contributed by atoms with van der Waals surface area (Å²) >= 11 is 3.77. The maximum atomic E-state index is 12.0. The molecule has 0 radical (unpaired) electrons. The number of aryl methyl sites for hydroxylation is 1. The van der Waals surface area contributed by atoms with Gasteiger partial charge < -0.3 is 0 Å². The van der Waals surface area contributed by atoms with E-state index in [-0.39, 0.29) is 5.78 Å². The lowest BCUT2D eigenvalue weighted by Crippen LogP contribution is -1.97. The monoisotopic (exact) mass is 328 g/mol. The van der Waals surface area contributed by atoms with Crippen LogP contribution in [0.1, 0.15) is 20.1 Å². The minimum absolute atomic E-state index is 0.115. The van der Waals surface area contributed by atoms with Crippen LogP contribution in [-0.4, -0.2) is 5.78 Å². The highest BCUT2D eigenvalue weighted by Gasteiger charge is 2.10. The van der Waals surface area contributed by atoms with E-state index in [1.807, 2.05) is 43.3 Å². The van der Waals surface area contributed by atoms with E-state index in [1.165, 1.54) is 4.88 Å². The Hall–Kier alpha value is -0.680. The number of ketones is 1. The van der Waals surface area contributed by atoms with Crippen LogP contribution in [0.15, 0.2) is 36.4 Å². The van der Waals surface area contributed by atoms with Gasteiger partial charge in [-0.15, -0.1) is 11.3 Å². The minimum atomic E-state index is 0.115. The SMILES string of the molecule is Cc1ccc(C(=O)c2ccc(I)cc2)s1. The molecule has 1 heterocycles. The average Bonchev–Trinajstić information content (AvgIpc) is 2.65. The van der Waals surface area contributed by atoms with Crippen molar-refractivity contribution in [1.82, 2.24) is 0 Å². The van der Waals surface area contributed by atoms with Gasteiger partial charge in [0.05, 0.1) is 4.88 Å². The Bertz CT molecular complexity index is 485. The molecule has 1 aromatic heterocycles. The Labute approximate surface area is 106 Å². The van der Waals surface area contributed by atoms with E-state index in [1.54, 1.807) is 11.3 Å². The van der Waals surface area contributed by atoms with Gasteiger partial charge in [0.2, 0.25) is 5.78 Å². The molecule has 2 aromatic rings. The van der Waals surface area contributed by atoms with Gasteiger partial charge in [0, 0.05) is 14.0 Å². The lowest BCUT2D eigenvalue weighted by atomic mass is 10.1. The summed E-state index contributed by atoms with van der Waals surface area (Å²) in [7, 11) is 0. The number of rotatable bonds is 2. The van der Waals surface area contributed by atoms with Crippen LogP contribution in [0.5, 0.6) is 0 Å². The largest absolute Gasteiger partial charge is 0.288 e. The molecule has 0 amide bonds. The standard InChI is InChI=1S/C12H9IOS/c1-8-2-7-11(15-8)12(14)9-3-5-10(13)6-4-9/h2-7H,1H3. The summed E-state index contributed by atoms with van der Waals surface area (Å²) in [6.45, 7) is 2.01. The Balaban J connectivity index is 2.32. The Morgan fingerprint density at radius 1 is 1.13 bits per heavy atom. The second kappa shape index (κ2) is 4.45. The van der Waals surface area contributed by atoms with Crippen molar-refractivity contribution < 1.29 is 4.79 Å². The number of benzene rings is 1. The first kappa shape index (κ1) is 10.8. The van der Waals surface area contributed by atoms with Crippen LogP contribution in [0.4, 0.5) is 0 Å². The summed E-state index contributed by atoms with van der Waals surface area (Å²) in [5, 5.41) is 0. The summed E-state index contributed by atoms with van der Waals surface area (Å²) in [4.78, 5) is 14.0. The lowest BCUT2D eigenvalue weighted by molar-refractivity contribution is 0.104. The Kier molecular flexibility index (Phi) is 3.21. The van der Waals surface area contributed by atoms with Gasteiger partial charge in [0.1, 0.15) is 0 Å². The third kappa shape index (κ3) is 2.46. The van der Waals surface area contributed by atoms with Crippen molar-refractivity contribution in [2.24, 2.45) is 0 Å². The molecule has 0 aliphatic rings. The van der Waals surface area contributed by atoms with Crippen LogP contribution in [-0.2, 0) is 0 Å². The van der Waals surface area contributed by atoms with Gasteiger partial charge in [-0.2, -0.15) is 0 Å². The van der Waals surface area contributed by atoms with E-state index in [0.29, 0.717) is 0 Å². The van der Waals surface area contributed by atoms with E-state index >= 15 is 0 Å². The van der Waals surface area contributed by atoms with Crippen LogP contribution in [0.3, 0.4) is 0 Å². The molecule has 0 fully saturated rings. The van der Waals surface area contributed by atoms with E-state index in [0.717, 1.165) is 14.0 Å². The highest BCUT2D eigenvalue weighted by atomic mass is 127. The predicted octanol–water partition coefficient (Wildman–Crippen LogP) is 3.89. The van der Waals surface area contributed by atoms with Crippen molar-refractivity contribution in [2.45, 2.75) is 6.92 Å². The van der Waals surface area contributed by atoms with Crippen molar-refractivity contribution in [3.8, 4) is 0 Å². The molecule has 0 aliphatic carbocycles. The fourth-order valence-corrected chi connectivity index (χ4v) is 2.49. The lowest BCUT2D eigenvalue weighted by Gasteiger charge is -1.97. The number of hydrogen-bond acceptors (Lipinski definition) is 2. The van der Waals surface area contributed by atoms with Gasteiger partial charge in [0.25, 0.3) is 0 Å². The quantitative estimate of drug-likeness (QED) is 0.604. The normalized spacial score (nSPS) is 10.3. The van der Waals surface area contributed by atoms with Gasteiger partial charge in [-0.25, -0.2) is 0 Å². The molecule has 0 spiro atoms. The zero-order chi connectivity index (χ0) is 10.8. The highest BCUT2D eigenvalue weighted by Crippen LogP contribution is 2.19. The van der Waals surface area contributed by atoms with Gasteiger partial charge in [-0.1, -0.05) is 0 Å². The molecule has 0 saturated heterocycles. The van der Waals surface area contributed by atoms with Crippen molar-refractivity contribution in [3.63, 3.8) is 0 Å². The molecule has 76 valence electrons. The van der Waals surface area contributed by atoms with Crippen LogP contribution in [0, 0.1) is 10.5 Å². The average molecular weight is 328 g/mol. The van der Waals surface area contributed by atoms with Gasteiger partial charge in [0.15, 0.2) is 0 Å². The molecule has 0 atom stereocenters. The number of carbonyl (C=O) groups excluding carboxylic acids is 1. The molecule has 0 bridgehead atoms. The first-order valence-corrected chi connectivity index (χ1v) is 6.43. The molecule has 15 heavy (non-hydrogen) atoms. The van der Waals surface area contributed by atoms with E-state index < -0.39 is 0 Å². The topological polar surface area (TPSA) is 17.1 Å². The van der Waals surface area contributed by atoms with Gasteiger partial charge >= 0.3 is 0 Å². The maximum absolute atomic E-state index is 12.0. The number of halogens is 1. The Morgan fingerprint density at radius 3 is 2.33 bits per heavy atom. The third-order valence-electron chi connectivity index (χ3n) is 2.07. The summed E-state index contributed by atoms with van der Waals surface area (Å²) < 4.78 is 1.14. The van der Waals surface area contributed by atoms with Gasteiger partial charge in [-0.3, -0.25) is 4.79 Å². The number of hydrogen-bond donors (Lipinski definition) is 0. The second-order valence-corrected chi connectivity index (χ2v) is 5.78. The number of thiophene rings is 1. The molecule has 0 unspecified atom stereocenters.